The van der Waals surface area contributed by atoms with E-state index in [9.17, 15) is 8.42 Å². The van der Waals surface area contributed by atoms with Gasteiger partial charge < -0.3 is 0 Å². The van der Waals surface area contributed by atoms with Crippen molar-refractivity contribution in [2.45, 2.75) is 38.9 Å². The van der Waals surface area contributed by atoms with Gasteiger partial charge in [-0.25, -0.2) is 8.42 Å². The smallest absolute Gasteiger partial charge is 0.236 e. The van der Waals surface area contributed by atoms with Crippen molar-refractivity contribution in [3.05, 3.63) is 65.2 Å². The third-order valence-electron chi connectivity index (χ3n) is 3.56. The summed E-state index contributed by atoms with van der Waals surface area (Å²) < 4.78 is 27.3. The zero-order chi connectivity index (χ0) is 16.4. The molecule has 0 saturated heterocycles. The predicted octanol–water partition coefficient (Wildman–Crippen LogP) is 4.23. The quantitative estimate of drug-likeness (QED) is 0.917. The first-order valence-electron chi connectivity index (χ1n) is 7.33. The molecule has 118 valence electrons. The highest BCUT2D eigenvalue weighted by molar-refractivity contribution is 7.91. The molecule has 22 heavy (non-hydrogen) atoms. The number of rotatable bonds is 4. The molecule has 3 nitrogen and oxygen atoms in total. The van der Waals surface area contributed by atoms with Crippen LogP contribution in [0.4, 0.5) is 5.69 Å². The van der Waals surface area contributed by atoms with Gasteiger partial charge in [0.15, 0.2) is 0 Å². The maximum atomic E-state index is 12.3. The van der Waals surface area contributed by atoms with Crippen LogP contribution in [0.2, 0.25) is 0 Å². The van der Waals surface area contributed by atoms with Crippen LogP contribution in [0.15, 0.2) is 48.5 Å². The molecular weight excluding hydrogens is 294 g/mol. The van der Waals surface area contributed by atoms with E-state index in [1.165, 1.54) is 5.56 Å². The van der Waals surface area contributed by atoms with Crippen LogP contribution < -0.4 is 4.72 Å². The van der Waals surface area contributed by atoms with Crippen molar-refractivity contribution in [2.24, 2.45) is 0 Å². The first kappa shape index (κ1) is 16.6. The van der Waals surface area contributed by atoms with Crippen LogP contribution in [0.5, 0.6) is 0 Å². The second-order valence-electron chi connectivity index (χ2n) is 6.63. The average Bonchev–Trinajstić information content (AvgIpc) is 2.40. The highest BCUT2D eigenvalue weighted by Gasteiger charge is 2.17. The molecule has 0 fully saturated rings. The zero-order valence-corrected chi connectivity index (χ0v) is 14.4. The molecule has 0 aliphatic rings. The summed E-state index contributed by atoms with van der Waals surface area (Å²) in [4.78, 5) is 0. The second kappa shape index (κ2) is 6.13. The molecule has 0 radical (unpaired) electrons. The monoisotopic (exact) mass is 317 g/mol. The Morgan fingerprint density at radius 2 is 1.64 bits per heavy atom. The van der Waals surface area contributed by atoms with E-state index in [-0.39, 0.29) is 11.2 Å². The normalized spacial score (nSPS) is 12.2. The molecular formula is C18H23NO2S. The van der Waals surface area contributed by atoms with Crippen LogP contribution >= 0.6 is 0 Å². The first-order chi connectivity index (χ1) is 10.2. The minimum absolute atomic E-state index is 0.0195. The lowest BCUT2D eigenvalue weighted by molar-refractivity contribution is 0.590. The Kier molecular flexibility index (Phi) is 4.61. The van der Waals surface area contributed by atoms with Crippen LogP contribution in [0.25, 0.3) is 0 Å². The molecule has 0 heterocycles. The third kappa shape index (κ3) is 4.34. The van der Waals surface area contributed by atoms with E-state index in [1.54, 1.807) is 0 Å². The Balaban J connectivity index is 2.20. The maximum Gasteiger partial charge on any atom is 0.236 e. The van der Waals surface area contributed by atoms with Gasteiger partial charge in [-0.3, -0.25) is 4.72 Å². The molecule has 0 aliphatic carbocycles. The summed E-state index contributed by atoms with van der Waals surface area (Å²) in [5.74, 6) is -0.0195. The summed E-state index contributed by atoms with van der Waals surface area (Å²) in [5, 5.41) is 0. The molecule has 0 spiro atoms. The summed E-state index contributed by atoms with van der Waals surface area (Å²) in [5.41, 5.74) is 3.59. The van der Waals surface area contributed by atoms with Crippen molar-refractivity contribution in [3.63, 3.8) is 0 Å². The molecule has 0 atom stereocenters. The highest BCUT2D eigenvalue weighted by atomic mass is 32.2. The van der Waals surface area contributed by atoms with Crippen LogP contribution in [0.1, 0.15) is 37.5 Å². The van der Waals surface area contributed by atoms with Crippen molar-refractivity contribution in [1.82, 2.24) is 0 Å². The lowest BCUT2D eigenvalue weighted by Gasteiger charge is -2.21. The second-order valence-corrected chi connectivity index (χ2v) is 8.35. The van der Waals surface area contributed by atoms with Crippen LogP contribution in [-0.2, 0) is 21.2 Å². The van der Waals surface area contributed by atoms with Gasteiger partial charge in [0.05, 0.1) is 11.4 Å². The standard InChI is InChI=1S/C18H23NO2S/c1-14-12-16(18(2,3)4)10-11-17(14)19-22(20,21)13-15-8-6-5-7-9-15/h5-12,19H,13H2,1-4H3. The number of aryl methyl sites for hydroxylation is 1. The Morgan fingerprint density at radius 1 is 1.00 bits per heavy atom. The number of hydrogen-bond donors (Lipinski definition) is 1. The number of hydrogen-bond acceptors (Lipinski definition) is 2. The van der Waals surface area contributed by atoms with Gasteiger partial charge in [0, 0.05) is 0 Å². The van der Waals surface area contributed by atoms with Crippen LogP contribution in [-0.4, -0.2) is 8.42 Å². The third-order valence-corrected chi connectivity index (χ3v) is 4.80. The van der Waals surface area contributed by atoms with Crippen molar-refractivity contribution in [1.29, 1.82) is 0 Å². The topological polar surface area (TPSA) is 46.2 Å². The number of nitrogens with one attached hydrogen (secondary N) is 1. The minimum Gasteiger partial charge on any atom is -0.283 e. The summed E-state index contributed by atoms with van der Waals surface area (Å²) in [6, 6.07) is 15.1. The van der Waals surface area contributed by atoms with Gasteiger partial charge in [-0.2, -0.15) is 0 Å². The Hall–Kier alpha value is -1.81. The fourth-order valence-electron chi connectivity index (χ4n) is 2.24. The van der Waals surface area contributed by atoms with Crippen LogP contribution in [0.3, 0.4) is 0 Å². The summed E-state index contributed by atoms with van der Waals surface area (Å²) in [6.07, 6.45) is 0. The van der Waals surface area contributed by atoms with E-state index in [0.717, 1.165) is 11.1 Å². The largest absolute Gasteiger partial charge is 0.283 e. The molecule has 0 saturated carbocycles. The van der Waals surface area contributed by atoms with Gasteiger partial charge in [-0.05, 0) is 35.1 Å². The molecule has 0 bridgehead atoms. The van der Waals surface area contributed by atoms with E-state index in [1.807, 2.05) is 55.5 Å². The summed E-state index contributed by atoms with van der Waals surface area (Å²) in [7, 11) is -3.41. The van der Waals surface area contributed by atoms with Gasteiger partial charge in [0.2, 0.25) is 10.0 Å². The number of anilines is 1. The van der Waals surface area contributed by atoms with Gasteiger partial charge in [-0.15, -0.1) is 0 Å². The van der Waals surface area contributed by atoms with E-state index in [2.05, 4.69) is 25.5 Å². The number of benzene rings is 2. The lowest BCUT2D eigenvalue weighted by Crippen LogP contribution is -2.17. The Labute approximate surface area is 133 Å². The SMILES string of the molecule is Cc1cc(C(C)(C)C)ccc1NS(=O)(=O)Cc1ccccc1. The van der Waals surface area contributed by atoms with Crippen molar-refractivity contribution in [3.8, 4) is 0 Å². The van der Waals surface area contributed by atoms with Crippen molar-refractivity contribution >= 4 is 15.7 Å². The van der Waals surface area contributed by atoms with E-state index in [0.29, 0.717) is 5.69 Å². The van der Waals surface area contributed by atoms with E-state index >= 15 is 0 Å². The predicted molar refractivity (Wildman–Crippen MR) is 92.6 cm³/mol. The maximum absolute atomic E-state index is 12.3. The Bertz CT molecular complexity index is 744. The summed E-state index contributed by atoms with van der Waals surface area (Å²) in [6.45, 7) is 8.35. The van der Waals surface area contributed by atoms with Crippen molar-refractivity contribution in [2.75, 3.05) is 4.72 Å². The minimum atomic E-state index is -3.41. The molecule has 0 unspecified atom stereocenters. The zero-order valence-electron chi connectivity index (χ0n) is 13.6. The van der Waals surface area contributed by atoms with Gasteiger partial charge >= 0.3 is 0 Å². The van der Waals surface area contributed by atoms with Gasteiger partial charge in [0.25, 0.3) is 0 Å². The Morgan fingerprint density at radius 3 is 2.18 bits per heavy atom. The van der Waals surface area contributed by atoms with Gasteiger partial charge in [0.1, 0.15) is 0 Å². The molecule has 0 amide bonds. The van der Waals surface area contributed by atoms with E-state index in [4.69, 9.17) is 0 Å². The van der Waals surface area contributed by atoms with Crippen molar-refractivity contribution < 1.29 is 8.42 Å². The molecule has 4 heteroatoms. The first-order valence-corrected chi connectivity index (χ1v) is 8.98. The lowest BCUT2D eigenvalue weighted by atomic mass is 9.86. The molecule has 2 aromatic rings. The highest BCUT2D eigenvalue weighted by Crippen LogP contribution is 2.27. The van der Waals surface area contributed by atoms with E-state index < -0.39 is 10.0 Å². The van der Waals surface area contributed by atoms with Crippen LogP contribution in [0, 0.1) is 6.92 Å². The fourth-order valence-corrected chi connectivity index (χ4v) is 3.51. The summed E-state index contributed by atoms with van der Waals surface area (Å²) >= 11 is 0. The number of sulfonamides is 1. The molecule has 0 aromatic heterocycles. The van der Waals surface area contributed by atoms with Gasteiger partial charge in [-0.1, -0.05) is 63.2 Å². The molecule has 0 aliphatic heterocycles. The molecule has 2 aromatic carbocycles. The molecule has 2 rings (SSSR count). The average molecular weight is 317 g/mol. The fraction of sp³-hybridized carbons (Fsp3) is 0.333. The molecule has 1 N–H and O–H groups in total.